The summed E-state index contributed by atoms with van der Waals surface area (Å²) in [5.74, 6) is 0.0470. The predicted octanol–water partition coefficient (Wildman–Crippen LogP) is 0.496. The van der Waals surface area contributed by atoms with Gasteiger partial charge in [-0.1, -0.05) is 6.42 Å². The van der Waals surface area contributed by atoms with Crippen molar-refractivity contribution < 1.29 is 9.53 Å². The molecule has 5 heteroatoms. The van der Waals surface area contributed by atoms with Crippen molar-refractivity contribution in [1.29, 1.82) is 0 Å². The first-order valence-corrected chi connectivity index (χ1v) is 7.92. The number of carbonyl (C=O) groups is 1. The third-order valence-corrected chi connectivity index (χ3v) is 5.25. The van der Waals surface area contributed by atoms with Gasteiger partial charge in [0, 0.05) is 31.2 Å². The third-order valence-electron chi connectivity index (χ3n) is 5.25. The smallest absolute Gasteiger partial charge is 0.246 e. The first-order valence-electron chi connectivity index (χ1n) is 7.92. The van der Waals surface area contributed by atoms with E-state index in [9.17, 15) is 4.79 Å². The molecule has 0 aromatic carbocycles. The molecule has 2 bridgehead atoms. The molecule has 3 fully saturated rings. The topological polar surface area (TPSA) is 53.6 Å². The molecule has 3 saturated heterocycles. The molecule has 0 aromatic heterocycles. The Morgan fingerprint density at radius 1 is 1.35 bits per heavy atom. The van der Waals surface area contributed by atoms with E-state index in [1.54, 1.807) is 0 Å². The summed E-state index contributed by atoms with van der Waals surface area (Å²) in [6.45, 7) is 3.94. The highest BCUT2D eigenvalue weighted by Crippen LogP contribution is 2.32. The lowest BCUT2D eigenvalue weighted by atomic mass is 9.82. The standard InChI is InChI=1S/C15H27N3O2/c1-15(9-16-10-15)20-8-14(19)17-11-6-12-4-3-5-13(7-11)18(12)2/h11-13,16H,3-10H2,1-2H3,(H,17,19). The van der Waals surface area contributed by atoms with E-state index < -0.39 is 0 Å². The van der Waals surface area contributed by atoms with Crippen LogP contribution in [0.2, 0.25) is 0 Å². The minimum Gasteiger partial charge on any atom is -0.363 e. The molecule has 2 N–H and O–H groups in total. The van der Waals surface area contributed by atoms with Crippen LogP contribution in [-0.2, 0) is 9.53 Å². The Hall–Kier alpha value is -0.650. The Morgan fingerprint density at radius 2 is 2.00 bits per heavy atom. The first kappa shape index (κ1) is 14.3. The van der Waals surface area contributed by atoms with Crippen molar-refractivity contribution in [3.05, 3.63) is 0 Å². The summed E-state index contributed by atoms with van der Waals surface area (Å²) in [6.07, 6.45) is 6.09. The quantitative estimate of drug-likeness (QED) is 0.788. The Balaban J connectivity index is 1.44. The summed E-state index contributed by atoms with van der Waals surface area (Å²) in [7, 11) is 2.24. The van der Waals surface area contributed by atoms with Gasteiger partial charge in [0.2, 0.25) is 5.91 Å². The molecule has 2 unspecified atom stereocenters. The van der Waals surface area contributed by atoms with Crippen LogP contribution in [0.5, 0.6) is 0 Å². The highest BCUT2D eigenvalue weighted by atomic mass is 16.5. The summed E-state index contributed by atoms with van der Waals surface area (Å²) in [4.78, 5) is 14.5. The number of nitrogens with one attached hydrogen (secondary N) is 2. The fourth-order valence-corrected chi connectivity index (χ4v) is 3.82. The second-order valence-corrected chi connectivity index (χ2v) is 6.98. The predicted molar refractivity (Wildman–Crippen MR) is 77.6 cm³/mol. The third kappa shape index (κ3) is 3.00. The number of nitrogens with zero attached hydrogens (tertiary/aromatic N) is 1. The largest absolute Gasteiger partial charge is 0.363 e. The van der Waals surface area contributed by atoms with Crippen molar-refractivity contribution in [2.24, 2.45) is 0 Å². The van der Waals surface area contributed by atoms with Crippen molar-refractivity contribution in [2.75, 3.05) is 26.7 Å². The molecular formula is C15H27N3O2. The van der Waals surface area contributed by atoms with Crippen LogP contribution in [0, 0.1) is 0 Å². The van der Waals surface area contributed by atoms with Crippen molar-refractivity contribution in [3.63, 3.8) is 0 Å². The molecular weight excluding hydrogens is 254 g/mol. The van der Waals surface area contributed by atoms with E-state index in [0.717, 1.165) is 25.9 Å². The summed E-state index contributed by atoms with van der Waals surface area (Å²) >= 11 is 0. The summed E-state index contributed by atoms with van der Waals surface area (Å²) < 4.78 is 5.70. The minimum absolute atomic E-state index is 0.0470. The number of carbonyl (C=O) groups excluding carboxylic acids is 1. The SMILES string of the molecule is CN1C2CCCC1CC(NC(=O)COC1(C)CNC1)C2. The van der Waals surface area contributed by atoms with Gasteiger partial charge in [-0.3, -0.25) is 4.79 Å². The molecule has 3 aliphatic rings. The second-order valence-electron chi connectivity index (χ2n) is 6.98. The Morgan fingerprint density at radius 3 is 2.55 bits per heavy atom. The molecule has 1 amide bonds. The average Bonchev–Trinajstić information content (AvgIpc) is 2.35. The maximum atomic E-state index is 12.0. The zero-order valence-corrected chi connectivity index (χ0v) is 12.7. The fourth-order valence-electron chi connectivity index (χ4n) is 3.82. The lowest BCUT2D eigenvalue weighted by Gasteiger charge is -2.47. The molecule has 0 radical (unpaired) electrons. The van der Waals surface area contributed by atoms with E-state index in [-0.39, 0.29) is 18.1 Å². The normalized spacial score (nSPS) is 36.2. The van der Waals surface area contributed by atoms with Crippen LogP contribution in [0.15, 0.2) is 0 Å². The summed E-state index contributed by atoms with van der Waals surface area (Å²) in [5.41, 5.74) is -0.138. The molecule has 0 aliphatic carbocycles. The monoisotopic (exact) mass is 281 g/mol. The fraction of sp³-hybridized carbons (Fsp3) is 0.933. The average molecular weight is 281 g/mol. The van der Waals surface area contributed by atoms with E-state index in [2.05, 4.69) is 29.5 Å². The van der Waals surface area contributed by atoms with Gasteiger partial charge in [-0.15, -0.1) is 0 Å². The van der Waals surface area contributed by atoms with Crippen LogP contribution in [-0.4, -0.2) is 61.3 Å². The number of amides is 1. The maximum Gasteiger partial charge on any atom is 0.246 e. The number of rotatable bonds is 4. The van der Waals surface area contributed by atoms with E-state index >= 15 is 0 Å². The van der Waals surface area contributed by atoms with Crippen LogP contribution in [0.25, 0.3) is 0 Å². The molecule has 3 heterocycles. The van der Waals surface area contributed by atoms with Crippen molar-refractivity contribution >= 4 is 5.91 Å². The number of hydrogen-bond acceptors (Lipinski definition) is 4. The van der Waals surface area contributed by atoms with Crippen LogP contribution in [0.3, 0.4) is 0 Å². The van der Waals surface area contributed by atoms with Gasteiger partial charge in [-0.2, -0.15) is 0 Å². The highest BCUT2D eigenvalue weighted by molar-refractivity contribution is 5.77. The molecule has 0 spiro atoms. The molecule has 5 nitrogen and oxygen atoms in total. The Bertz CT molecular complexity index is 356. The summed E-state index contributed by atoms with van der Waals surface area (Å²) in [5, 5.41) is 6.35. The molecule has 0 saturated carbocycles. The summed E-state index contributed by atoms with van der Waals surface area (Å²) in [6, 6.07) is 1.65. The molecule has 2 atom stereocenters. The maximum absolute atomic E-state index is 12.0. The molecule has 3 rings (SSSR count). The number of piperidine rings is 2. The van der Waals surface area contributed by atoms with E-state index in [1.807, 2.05) is 0 Å². The lowest BCUT2D eigenvalue weighted by Crippen LogP contribution is -2.60. The van der Waals surface area contributed by atoms with E-state index in [0.29, 0.717) is 18.1 Å². The molecule has 20 heavy (non-hydrogen) atoms. The van der Waals surface area contributed by atoms with Crippen molar-refractivity contribution in [1.82, 2.24) is 15.5 Å². The molecule has 3 aliphatic heterocycles. The van der Waals surface area contributed by atoms with Crippen molar-refractivity contribution in [3.8, 4) is 0 Å². The Kier molecular flexibility index (Phi) is 4.02. The van der Waals surface area contributed by atoms with Gasteiger partial charge in [-0.05, 0) is 39.7 Å². The van der Waals surface area contributed by atoms with Gasteiger partial charge in [0.1, 0.15) is 6.61 Å². The number of hydrogen-bond donors (Lipinski definition) is 2. The van der Waals surface area contributed by atoms with E-state index in [1.165, 1.54) is 19.3 Å². The zero-order chi connectivity index (χ0) is 14.2. The van der Waals surface area contributed by atoms with Gasteiger partial charge >= 0.3 is 0 Å². The van der Waals surface area contributed by atoms with Gasteiger partial charge in [0.05, 0.1) is 5.60 Å². The van der Waals surface area contributed by atoms with Crippen LogP contribution < -0.4 is 10.6 Å². The number of fused-ring (bicyclic) bond motifs is 2. The van der Waals surface area contributed by atoms with Crippen LogP contribution in [0.1, 0.15) is 39.0 Å². The Labute approximate surface area is 121 Å². The lowest BCUT2D eigenvalue weighted by molar-refractivity contribution is -0.137. The second kappa shape index (κ2) is 5.62. The number of ether oxygens (including phenoxy) is 1. The minimum atomic E-state index is -0.138. The van der Waals surface area contributed by atoms with Gasteiger partial charge in [-0.25, -0.2) is 0 Å². The van der Waals surface area contributed by atoms with Crippen LogP contribution in [0.4, 0.5) is 0 Å². The molecule has 0 aromatic rings. The van der Waals surface area contributed by atoms with Gasteiger partial charge < -0.3 is 20.3 Å². The van der Waals surface area contributed by atoms with E-state index in [4.69, 9.17) is 4.74 Å². The van der Waals surface area contributed by atoms with Gasteiger partial charge in [0.25, 0.3) is 0 Å². The highest BCUT2D eigenvalue weighted by Gasteiger charge is 2.37. The van der Waals surface area contributed by atoms with Gasteiger partial charge in [0.15, 0.2) is 0 Å². The zero-order valence-electron chi connectivity index (χ0n) is 12.7. The first-order chi connectivity index (χ1) is 9.56. The molecule has 114 valence electrons. The van der Waals surface area contributed by atoms with Crippen molar-refractivity contribution in [2.45, 2.75) is 62.8 Å². The van der Waals surface area contributed by atoms with Crippen LogP contribution >= 0.6 is 0 Å².